The summed E-state index contributed by atoms with van der Waals surface area (Å²) < 4.78 is 44.7. The first-order chi connectivity index (χ1) is 12.8. The van der Waals surface area contributed by atoms with Crippen molar-refractivity contribution in [2.75, 3.05) is 29.1 Å². The van der Waals surface area contributed by atoms with E-state index in [1.807, 2.05) is 0 Å². The SMILES string of the molecule is CS(=O)(=O)Nc1ccc(N(C(=O)c2ccccc2F)C2CCOCC2)cc1. The number of halogens is 1. The number of hydrogen-bond donors (Lipinski definition) is 1. The standard InChI is InChI=1S/C19H21FN2O4S/c1-27(24,25)21-14-6-8-15(9-7-14)22(16-10-12-26-13-11-16)19(23)17-4-2-3-5-18(17)20/h2-9,16,21H,10-13H2,1H3. The largest absolute Gasteiger partial charge is 0.381 e. The molecule has 1 amide bonds. The number of ether oxygens (including phenoxy) is 1. The first kappa shape index (κ1) is 19.3. The molecule has 0 aromatic heterocycles. The van der Waals surface area contributed by atoms with Crippen LogP contribution in [-0.2, 0) is 14.8 Å². The molecule has 144 valence electrons. The molecule has 1 heterocycles. The fourth-order valence-electron chi connectivity index (χ4n) is 3.11. The number of hydrogen-bond acceptors (Lipinski definition) is 4. The van der Waals surface area contributed by atoms with Crippen molar-refractivity contribution in [2.24, 2.45) is 0 Å². The summed E-state index contributed by atoms with van der Waals surface area (Å²) in [6.07, 6.45) is 2.35. The van der Waals surface area contributed by atoms with E-state index in [0.717, 1.165) is 6.26 Å². The summed E-state index contributed by atoms with van der Waals surface area (Å²) in [5, 5.41) is 0. The van der Waals surface area contributed by atoms with Gasteiger partial charge in [0.2, 0.25) is 10.0 Å². The van der Waals surface area contributed by atoms with Crippen molar-refractivity contribution in [3.05, 3.63) is 59.9 Å². The maximum absolute atomic E-state index is 14.2. The summed E-state index contributed by atoms with van der Waals surface area (Å²) in [6, 6.07) is 12.2. The second-order valence-corrected chi connectivity index (χ2v) is 8.17. The number of nitrogens with one attached hydrogen (secondary N) is 1. The highest BCUT2D eigenvalue weighted by Crippen LogP contribution is 2.27. The predicted molar refractivity (Wildman–Crippen MR) is 102 cm³/mol. The van der Waals surface area contributed by atoms with Gasteiger partial charge in [0.05, 0.1) is 11.8 Å². The van der Waals surface area contributed by atoms with Crippen molar-refractivity contribution in [2.45, 2.75) is 18.9 Å². The molecule has 1 N–H and O–H groups in total. The summed E-state index contributed by atoms with van der Waals surface area (Å²) in [7, 11) is -3.39. The third kappa shape index (κ3) is 4.84. The fraction of sp³-hybridized carbons (Fsp3) is 0.316. The van der Waals surface area contributed by atoms with Crippen LogP contribution < -0.4 is 9.62 Å². The second kappa shape index (κ2) is 8.06. The number of benzene rings is 2. The molecule has 8 heteroatoms. The average molecular weight is 392 g/mol. The summed E-state index contributed by atoms with van der Waals surface area (Å²) in [5.74, 6) is -1.00. The molecule has 3 rings (SSSR count). The Morgan fingerprint density at radius 3 is 2.33 bits per heavy atom. The van der Waals surface area contributed by atoms with Crippen molar-refractivity contribution in [1.29, 1.82) is 0 Å². The van der Waals surface area contributed by atoms with Gasteiger partial charge in [0, 0.05) is 30.6 Å². The number of amides is 1. The maximum atomic E-state index is 14.2. The van der Waals surface area contributed by atoms with Crippen LogP contribution in [0.4, 0.5) is 15.8 Å². The molecular formula is C19H21FN2O4S. The molecule has 0 unspecified atom stereocenters. The molecule has 6 nitrogen and oxygen atoms in total. The van der Waals surface area contributed by atoms with Crippen molar-refractivity contribution in [3.63, 3.8) is 0 Å². The van der Waals surface area contributed by atoms with E-state index < -0.39 is 21.7 Å². The van der Waals surface area contributed by atoms with Gasteiger partial charge in [0.1, 0.15) is 5.82 Å². The van der Waals surface area contributed by atoms with Crippen molar-refractivity contribution < 1.29 is 22.3 Å². The number of nitrogens with zero attached hydrogens (tertiary/aromatic N) is 1. The Kier molecular flexibility index (Phi) is 5.76. The molecule has 1 aliphatic heterocycles. The van der Waals surface area contributed by atoms with Gasteiger partial charge >= 0.3 is 0 Å². The molecule has 2 aromatic rings. The normalized spacial score (nSPS) is 15.3. The minimum absolute atomic E-state index is 0.00216. The van der Waals surface area contributed by atoms with E-state index in [1.54, 1.807) is 35.2 Å². The van der Waals surface area contributed by atoms with Gasteiger partial charge in [0.15, 0.2) is 0 Å². The van der Waals surface area contributed by atoms with Crippen LogP contribution in [0.2, 0.25) is 0 Å². The summed E-state index contributed by atoms with van der Waals surface area (Å²) in [5.41, 5.74) is 0.975. The monoisotopic (exact) mass is 392 g/mol. The lowest BCUT2D eigenvalue weighted by Gasteiger charge is -2.34. The van der Waals surface area contributed by atoms with Crippen LogP contribution in [0.1, 0.15) is 23.2 Å². The van der Waals surface area contributed by atoms with Gasteiger partial charge in [-0.2, -0.15) is 0 Å². The Morgan fingerprint density at radius 2 is 1.74 bits per heavy atom. The van der Waals surface area contributed by atoms with Gasteiger partial charge in [-0.3, -0.25) is 9.52 Å². The lowest BCUT2D eigenvalue weighted by atomic mass is 10.0. The molecule has 0 aliphatic carbocycles. The van der Waals surface area contributed by atoms with Crippen LogP contribution in [-0.4, -0.2) is 39.8 Å². The molecule has 1 fully saturated rings. The first-order valence-corrected chi connectivity index (χ1v) is 10.5. The minimum atomic E-state index is -3.39. The van der Waals surface area contributed by atoms with E-state index in [9.17, 15) is 17.6 Å². The topological polar surface area (TPSA) is 75.7 Å². The van der Waals surface area contributed by atoms with Crippen LogP contribution in [0.25, 0.3) is 0 Å². The Morgan fingerprint density at radius 1 is 1.11 bits per heavy atom. The van der Waals surface area contributed by atoms with Gasteiger partial charge in [0.25, 0.3) is 5.91 Å². The average Bonchev–Trinajstić information content (AvgIpc) is 2.63. The van der Waals surface area contributed by atoms with Gasteiger partial charge in [-0.1, -0.05) is 12.1 Å². The van der Waals surface area contributed by atoms with E-state index in [4.69, 9.17) is 4.74 Å². The molecule has 0 spiro atoms. The van der Waals surface area contributed by atoms with Gasteiger partial charge in [-0.05, 0) is 49.2 Å². The summed E-state index contributed by atoms with van der Waals surface area (Å²) >= 11 is 0. The zero-order chi connectivity index (χ0) is 19.4. The minimum Gasteiger partial charge on any atom is -0.381 e. The zero-order valence-corrected chi connectivity index (χ0v) is 15.7. The highest BCUT2D eigenvalue weighted by atomic mass is 32.2. The highest BCUT2D eigenvalue weighted by molar-refractivity contribution is 7.92. The number of carbonyl (C=O) groups excluding carboxylic acids is 1. The Balaban J connectivity index is 1.95. The molecule has 0 bridgehead atoms. The number of sulfonamides is 1. The summed E-state index contributed by atoms with van der Waals surface area (Å²) in [4.78, 5) is 14.7. The highest BCUT2D eigenvalue weighted by Gasteiger charge is 2.29. The third-order valence-electron chi connectivity index (χ3n) is 4.33. The van der Waals surface area contributed by atoms with Crippen molar-refractivity contribution in [1.82, 2.24) is 0 Å². The number of rotatable bonds is 5. The molecule has 2 aromatic carbocycles. The van der Waals surface area contributed by atoms with E-state index in [-0.39, 0.29) is 11.6 Å². The smallest absolute Gasteiger partial charge is 0.261 e. The Hall–Kier alpha value is -2.45. The van der Waals surface area contributed by atoms with Crippen LogP contribution >= 0.6 is 0 Å². The summed E-state index contributed by atoms with van der Waals surface area (Å²) in [6.45, 7) is 1.05. The predicted octanol–water partition coefficient (Wildman–Crippen LogP) is 3.02. The van der Waals surface area contributed by atoms with Crippen molar-refractivity contribution >= 4 is 27.3 Å². The van der Waals surface area contributed by atoms with E-state index in [0.29, 0.717) is 37.4 Å². The quantitative estimate of drug-likeness (QED) is 0.849. The number of carbonyl (C=O) groups is 1. The first-order valence-electron chi connectivity index (χ1n) is 8.59. The van der Waals surface area contributed by atoms with Crippen LogP contribution in [0, 0.1) is 5.82 Å². The molecule has 0 atom stereocenters. The lowest BCUT2D eigenvalue weighted by Crippen LogP contribution is -2.44. The zero-order valence-electron chi connectivity index (χ0n) is 14.9. The van der Waals surface area contributed by atoms with Crippen molar-refractivity contribution in [3.8, 4) is 0 Å². The van der Waals surface area contributed by atoms with Crippen LogP contribution in [0.15, 0.2) is 48.5 Å². The third-order valence-corrected chi connectivity index (χ3v) is 4.93. The number of anilines is 2. The maximum Gasteiger partial charge on any atom is 0.261 e. The Bertz CT molecular complexity index is 910. The van der Waals surface area contributed by atoms with E-state index >= 15 is 0 Å². The van der Waals surface area contributed by atoms with Crippen LogP contribution in [0.3, 0.4) is 0 Å². The van der Waals surface area contributed by atoms with Crippen LogP contribution in [0.5, 0.6) is 0 Å². The van der Waals surface area contributed by atoms with Gasteiger partial charge < -0.3 is 9.64 Å². The molecule has 1 aliphatic rings. The molecule has 27 heavy (non-hydrogen) atoms. The Labute approximate surface area is 158 Å². The molecule has 0 radical (unpaired) electrons. The lowest BCUT2D eigenvalue weighted by molar-refractivity contribution is 0.0770. The second-order valence-electron chi connectivity index (χ2n) is 6.42. The fourth-order valence-corrected chi connectivity index (χ4v) is 3.67. The molecule has 0 saturated carbocycles. The van der Waals surface area contributed by atoms with Gasteiger partial charge in [-0.15, -0.1) is 0 Å². The van der Waals surface area contributed by atoms with E-state index in [2.05, 4.69) is 4.72 Å². The molecular weight excluding hydrogens is 371 g/mol. The van der Waals surface area contributed by atoms with E-state index in [1.165, 1.54) is 18.2 Å². The van der Waals surface area contributed by atoms with Gasteiger partial charge in [-0.25, -0.2) is 12.8 Å². The molecule has 1 saturated heterocycles.